The van der Waals surface area contributed by atoms with E-state index < -0.39 is 7.82 Å². The van der Waals surface area contributed by atoms with E-state index in [2.05, 4.69) is 72.7 Å². The molecule has 28 heavy (non-hydrogen) atoms. The van der Waals surface area contributed by atoms with Crippen LogP contribution in [0.25, 0.3) is 10.8 Å². The average molecular weight is 424 g/mol. The van der Waals surface area contributed by atoms with Gasteiger partial charge in [-0.25, -0.2) is 9.55 Å². The molecule has 1 atom stereocenters. The van der Waals surface area contributed by atoms with Crippen molar-refractivity contribution < 1.29 is 24.0 Å². The molecule has 0 bridgehead atoms. The van der Waals surface area contributed by atoms with Crippen molar-refractivity contribution in [1.29, 1.82) is 0 Å². The minimum atomic E-state index is -4.64. The van der Waals surface area contributed by atoms with Gasteiger partial charge in [-0.1, -0.05) is 36.4 Å². The molecule has 0 aliphatic carbocycles. The molecular weight excluding hydrogens is 399 g/mol. The number of hydrogen-bond acceptors (Lipinski definition) is 5. The Kier molecular flexibility index (Phi) is 8.12. The third-order valence-electron chi connectivity index (χ3n) is 3.96. The summed E-state index contributed by atoms with van der Waals surface area (Å²) < 4.78 is 15.4. The standard InChI is InChI=1S/C19H22N2OS.H3O4P/c1-14-8-9-15-6-4-5-7-16(15)19(14)22-18(10-11-21(2)3)17-12-23-13-20-17;1-5(2,3)4/h4-9,12-13,18H,10-11H2,1-3H3;(H3,1,2,3,4). The van der Waals surface area contributed by atoms with E-state index in [4.69, 9.17) is 24.0 Å². The Morgan fingerprint density at radius 1 is 1.18 bits per heavy atom. The SMILES string of the molecule is Cc1ccc2ccccc2c1OC(CCN(C)C)c1cscn1.O=P(O)(O)O. The molecule has 0 amide bonds. The highest BCUT2D eigenvalue weighted by Crippen LogP contribution is 2.34. The number of nitrogens with zero attached hydrogens (tertiary/aromatic N) is 2. The maximum atomic E-state index is 8.88. The predicted octanol–water partition coefficient (Wildman–Crippen LogP) is 3.75. The zero-order valence-corrected chi connectivity index (χ0v) is 17.7. The van der Waals surface area contributed by atoms with Crippen LogP contribution in [0.5, 0.6) is 5.75 Å². The van der Waals surface area contributed by atoms with Crippen molar-refractivity contribution in [3.05, 3.63) is 58.5 Å². The summed E-state index contributed by atoms with van der Waals surface area (Å²) in [6.45, 7) is 3.07. The van der Waals surface area contributed by atoms with Gasteiger partial charge in [0.2, 0.25) is 0 Å². The predicted molar refractivity (Wildman–Crippen MR) is 112 cm³/mol. The molecule has 0 spiro atoms. The quantitative estimate of drug-likeness (QED) is 0.518. The zero-order valence-electron chi connectivity index (χ0n) is 16.0. The minimum Gasteiger partial charge on any atom is -0.483 e. The third kappa shape index (κ3) is 7.31. The van der Waals surface area contributed by atoms with E-state index in [0.29, 0.717) is 0 Å². The molecule has 1 aromatic heterocycles. The molecule has 2 aromatic carbocycles. The molecular formula is C19H25N2O5PS. The Morgan fingerprint density at radius 3 is 2.46 bits per heavy atom. The van der Waals surface area contributed by atoms with Gasteiger partial charge in [0, 0.05) is 23.7 Å². The van der Waals surface area contributed by atoms with Gasteiger partial charge < -0.3 is 24.3 Å². The highest BCUT2D eigenvalue weighted by Gasteiger charge is 2.18. The van der Waals surface area contributed by atoms with Crippen LogP contribution in [0.3, 0.4) is 0 Å². The fourth-order valence-electron chi connectivity index (χ4n) is 2.67. The number of phosphoric acid groups is 1. The summed E-state index contributed by atoms with van der Waals surface area (Å²) >= 11 is 1.62. The van der Waals surface area contributed by atoms with Gasteiger partial charge in [-0.15, -0.1) is 11.3 Å². The van der Waals surface area contributed by atoms with Crippen molar-refractivity contribution >= 4 is 29.9 Å². The monoisotopic (exact) mass is 424 g/mol. The maximum Gasteiger partial charge on any atom is 0.466 e. The van der Waals surface area contributed by atoms with E-state index in [1.807, 2.05) is 5.51 Å². The normalized spacial score (nSPS) is 12.5. The molecule has 152 valence electrons. The largest absolute Gasteiger partial charge is 0.483 e. The summed E-state index contributed by atoms with van der Waals surface area (Å²) in [7, 11) is -0.470. The fourth-order valence-corrected chi connectivity index (χ4v) is 3.27. The molecule has 0 saturated heterocycles. The Balaban J connectivity index is 0.000000500. The van der Waals surface area contributed by atoms with Gasteiger partial charge in [-0.2, -0.15) is 0 Å². The van der Waals surface area contributed by atoms with Crippen molar-refractivity contribution in [2.75, 3.05) is 20.6 Å². The van der Waals surface area contributed by atoms with Gasteiger partial charge in [0.1, 0.15) is 11.9 Å². The average Bonchev–Trinajstić information content (AvgIpc) is 3.13. The van der Waals surface area contributed by atoms with Gasteiger partial charge in [-0.3, -0.25) is 0 Å². The number of hydrogen-bond donors (Lipinski definition) is 3. The lowest BCUT2D eigenvalue weighted by molar-refractivity contribution is 0.177. The molecule has 0 aliphatic heterocycles. The van der Waals surface area contributed by atoms with Crippen molar-refractivity contribution in [2.45, 2.75) is 19.4 Å². The van der Waals surface area contributed by atoms with E-state index >= 15 is 0 Å². The molecule has 0 saturated carbocycles. The van der Waals surface area contributed by atoms with Crippen LogP contribution in [0, 0.1) is 6.92 Å². The van der Waals surface area contributed by atoms with Crippen LogP contribution >= 0.6 is 19.2 Å². The summed E-state index contributed by atoms with van der Waals surface area (Å²) in [6.07, 6.45) is 0.896. The van der Waals surface area contributed by atoms with E-state index in [1.165, 1.54) is 5.39 Å². The van der Waals surface area contributed by atoms with Gasteiger partial charge in [0.25, 0.3) is 0 Å². The number of aromatic nitrogens is 1. The lowest BCUT2D eigenvalue weighted by Gasteiger charge is -2.22. The zero-order chi connectivity index (χ0) is 20.7. The lowest BCUT2D eigenvalue weighted by atomic mass is 10.1. The molecule has 3 rings (SSSR count). The van der Waals surface area contributed by atoms with Crippen LogP contribution < -0.4 is 4.74 Å². The van der Waals surface area contributed by atoms with Gasteiger partial charge >= 0.3 is 7.82 Å². The number of fused-ring (bicyclic) bond motifs is 1. The fraction of sp³-hybridized carbons (Fsp3) is 0.316. The number of thiazole rings is 1. The first-order valence-corrected chi connectivity index (χ1v) is 11.1. The Labute approximate surface area is 168 Å². The van der Waals surface area contributed by atoms with Crippen molar-refractivity contribution in [3.8, 4) is 5.75 Å². The van der Waals surface area contributed by atoms with Crippen LogP contribution in [-0.2, 0) is 4.57 Å². The summed E-state index contributed by atoms with van der Waals surface area (Å²) in [5.74, 6) is 0.972. The molecule has 0 aliphatic rings. The number of benzene rings is 2. The summed E-state index contributed by atoms with van der Waals surface area (Å²) in [4.78, 5) is 28.2. The van der Waals surface area contributed by atoms with E-state index in [0.717, 1.165) is 35.4 Å². The number of ether oxygens (including phenoxy) is 1. The molecule has 0 radical (unpaired) electrons. The van der Waals surface area contributed by atoms with E-state index in [1.54, 1.807) is 11.3 Å². The molecule has 3 N–H and O–H groups in total. The second-order valence-corrected chi connectivity index (χ2v) is 8.30. The molecule has 1 heterocycles. The Morgan fingerprint density at radius 2 is 1.86 bits per heavy atom. The van der Waals surface area contributed by atoms with Crippen LogP contribution in [0.15, 0.2) is 47.3 Å². The topological polar surface area (TPSA) is 103 Å². The summed E-state index contributed by atoms with van der Waals surface area (Å²) in [6, 6.07) is 12.6. The van der Waals surface area contributed by atoms with E-state index in [-0.39, 0.29) is 6.10 Å². The van der Waals surface area contributed by atoms with Gasteiger partial charge in [-0.05, 0) is 32.0 Å². The molecule has 7 nitrogen and oxygen atoms in total. The minimum absolute atomic E-state index is 0.0202. The first-order chi connectivity index (χ1) is 13.1. The highest BCUT2D eigenvalue weighted by atomic mass is 32.1. The van der Waals surface area contributed by atoms with Crippen LogP contribution in [0.2, 0.25) is 0 Å². The Bertz CT molecular complexity index is 919. The lowest BCUT2D eigenvalue weighted by Crippen LogP contribution is -2.19. The van der Waals surface area contributed by atoms with Crippen LogP contribution in [0.1, 0.15) is 23.8 Å². The van der Waals surface area contributed by atoms with Crippen molar-refractivity contribution in [3.63, 3.8) is 0 Å². The molecule has 1 unspecified atom stereocenters. The third-order valence-corrected chi connectivity index (χ3v) is 4.56. The van der Waals surface area contributed by atoms with Crippen LogP contribution in [-0.4, -0.2) is 45.2 Å². The number of aryl methyl sites for hydroxylation is 1. The van der Waals surface area contributed by atoms with E-state index in [9.17, 15) is 0 Å². The summed E-state index contributed by atoms with van der Waals surface area (Å²) in [5.41, 5.74) is 4.05. The van der Waals surface area contributed by atoms with Crippen LogP contribution in [0.4, 0.5) is 0 Å². The second kappa shape index (κ2) is 10.1. The van der Waals surface area contributed by atoms with Crippen molar-refractivity contribution in [2.24, 2.45) is 0 Å². The van der Waals surface area contributed by atoms with Crippen molar-refractivity contribution in [1.82, 2.24) is 9.88 Å². The molecule has 9 heteroatoms. The van der Waals surface area contributed by atoms with Gasteiger partial charge in [0.15, 0.2) is 0 Å². The first-order valence-electron chi connectivity index (χ1n) is 8.61. The second-order valence-electron chi connectivity index (χ2n) is 6.56. The first kappa shape index (κ1) is 22.5. The molecule has 3 aromatic rings. The molecule has 0 fully saturated rings. The summed E-state index contributed by atoms with van der Waals surface area (Å²) in [5, 5.41) is 4.45. The van der Waals surface area contributed by atoms with Gasteiger partial charge in [0.05, 0.1) is 11.2 Å². The highest BCUT2D eigenvalue weighted by molar-refractivity contribution is 7.45. The Hall–Kier alpha value is -1.80. The number of rotatable bonds is 6. The maximum absolute atomic E-state index is 8.88. The smallest absolute Gasteiger partial charge is 0.466 e.